The average Bonchev–Trinajstić information content (AvgIpc) is 2.55. The minimum absolute atomic E-state index is 0.306. The predicted octanol–water partition coefficient (Wildman–Crippen LogP) is 2.55. The van der Waals surface area contributed by atoms with Crippen molar-refractivity contribution in [3.8, 4) is 0 Å². The van der Waals surface area contributed by atoms with Gasteiger partial charge in [0, 0.05) is 6.20 Å². The molecule has 2 aromatic rings. The molecule has 1 aromatic carbocycles. The lowest BCUT2D eigenvalue weighted by Crippen LogP contribution is -2.45. The van der Waals surface area contributed by atoms with E-state index in [1.165, 1.54) is 31.2 Å². The number of aliphatic hydroxyl groups is 1. The van der Waals surface area contributed by atoms with E-state index in [0.717, 1.165) is 24.4 Å². The van der Waals surface area contributed by atoms with Crippen molar-refractivity contribution in [1.29, 1.82) is 0 Å². The molecule has 0 spiro atoms. The van der Waals surface area contributed by atoms with Crippen LogP contribution in [0.3, 0.4) is 0 Å². The summed E-state index contributed by atoms with van der Waals surface area (Å²) in [6.07, 6.45) is -0.0908. The summed E-state index contributed by atoms with van der Waals surface area (Å²) in [4.78, 5) is 15.3. The number of alkyl halides is 2. The standard InChI is InChI=1S/C16H15F3N2O2/c1-10(14(22)11-5-7-12(17)8-6-11)21-15(23)16(18,19)13-4-2-3-9-20-13/h2-10,14,22H,1H3,(H,21,23)/t10-,14-/m0/s1. The molecule has 0 unspecified atom stereocenters. The monoisotopic (exact) mass is 324 g/mol. The van der Waals surface area contributed by atoms with Crippen molar-refractivity contribution in [3.05, 3.63) is 65.7 Å². The van der Waals surface area contributed by atoms with Gasteiger partial charge in [-0.05, 0) is 36.8 Å². The first-order valence-corrected chi connectivity index (χ1v) is 6.86. The number of amides is 1. The first-order valence-electron chi connectivity index (χ1n) is 6.86. The molecule has 2 rings (SSSR count). The molecule has 4 nitrogen and oxygen atoms in total. The van der Waals surface area contributed by atoms with Crippen LogP contribution in [0.15, 0.2) is 48.7 Å². The van der Waals surface area contributed by atoms with Crippen LogP contribution in [0.1, 0.15) is 24.3 Å². The number of hydrogen-bond acceptors (Lipinski definition) is 3. The van der Waals surface area contributed by atoms with Crippen LogP contribution in [-0.4, -0.2) is 22.0 Å². The van der Waals surface area contributed by atoms with Crippen molar-refractivity contribution in [2.45, 2.75) is 25.0 Å². The molecule has 0 aliphatic rings. The molecule has 0 bridgehead atoms. The van der Waals surface area contributed by atoms with Gasteiger partial charge >= 0.3 is 5.92 Å². The Kier molecular flexibility index (Phi) is 5.00. The highest BCUT2D eigenvalue weighted by Crippen LogP contribution is 2.27. The van der Waals surface area contributed by atoms with E-state index in [1.807, 2.05) is 0 Å². The van der Waals surface area contributed by atoms with Crippen molar-refractivity contribution < 1.29 is 23.1 Å². The van der Waals surface area contributed by atoms with E-state index in [4.69, 9.17) is 0 Å². The Morgan fingerprint density at radius 1 is 1.22 bits per heavy atom. The molecule has 7 heteroatoms. The Bertz CT molecular complexity index is 663. The zero-order chi connectivity index (χ0) is 17.0. The highest BCUT2D eigenvalue weighted by atomic mass is 19.3. The van der Waals surface area contributed by atoms with E-state index in [0.29, 0.717) is 5.56 Å². The number of carbonyl (C=O) groups is 1. The van der Waals surface area contributed by atoms with Crippen LogP contribution in [0, 0.1) is 5.82 Å². The molecule has 23 heavy (non-hydrogen) atoms. The van der Waals surface area contributed by atoms with Crippen LogP contribution in [0.25, 0.3) is 0 Å². The number of nitrogens with zero attached hydrogens (tertiary/aromatic N) is 1. The van der Waals surface area contributed by atoms with Gasteiger partial charge in [-0.15, -0.1) is 0 Å². The molecule has 0 radical (unpaired) electrons. The topological polar surface area (TPSA) is 62.2 Å². The number of carbonyl (C=O) groups excluding carboxylic acids is 1. The van der Waals surface area contributed by atoms with Crippen LogP contribution in [0.5, 0.6) is 0 Å². The van der Waals surface area contributed by atoms with Gasteiger partial charge in [-0.2, -0.15) is 8.78 Å². The third-order valence-corrected chi connectivity index (χ3v) is 3.32. The molecule has 2 N–H and O–H groups in total. The van der Waals surface area contributed by atoms with Crippen molar-refractivity contribution in [2.24, 2.45) is 0 Å². The summed E-state index contributed by atoms with van der Waals surface area (Å²) >= 11 is 0. The summed E-state index contributed by atoms with van der Waals surface area (Å²) in [5.74, 6) is -5.87. The van der Waals surface area contributed by atoms with Gasteiger partial charge in [-0.1, -0.05) is 18.2 Å². The summed E-state index contributed by atoms with van der Waals surface area (Å²) in [6.45, 7) is 1.38. The number of rotatable bonds is 5. The molecule has 0 aliphatic carbocycles. The highest BCUT2D eigenvalue weighted by molar-refractivity contribution is 5.84. The predicted molar refractivity (Wildman–Crippen MR) is 77.1 cm³/mol. The zero-order valence-corrected chi connectivity index (χ0v) is 12.2. The van der Waals surface area contributed by atoms with Gasteiger partial charge in [0.15, 0.2) is 0 Å². The van der Waals surface area contributed by atoms with E-state index in [-0.39, 0.29) is 0 Å². The molecule has 0 aliphatic heterocycles. The molecule has 0 saturated carbocycles. The van der Waals surface area contributed by atoms with E-state index in [1.54, 1.807) is 0 Å². The normalized spacial score (nSPS) is 14.1. The van der Waals surface area contributed by atoms with E-state index >= 15 is 0 Å². The molecule has 1 aromatic heterocycles. The summed E-state index contributed by atoms with van der Waals surface area (Å²) in [7, 11) is 0. The maximum Gasteiger partial charge on any atom is 0.366 e. The number of hydrogen-bond donors (Lipinski definition) is 2. The molecular formula is C16H15F3N2O2. The Hall–Kier alpha value is -2.41. The third-order valence-electron chi connectivity index (χ3n) is 3.32. The largest absolute Gasteiger partial charge is 0.386 e. The van der Waals surface area contributed by atoms with E-state index in [9.17, 15) is 23.1 Å². The first-order chi connectivity index (χ1) is 10.8. The van der Waals surface area contributed by atoms with Gasteiger partial charge in [-0.3, -0.25) is 9.78 Å². The van der Waals surface area contributed by atoms with Crippen molar-refractivity contribution in [3.63, 3.8) is 0 Å². The number of pyridine rings is 1. The van der Waals surface area contributed by atoms with Crippen LogP contribution >= 0.6 is 0 Å². The fourth-order valence-corrected chi connectivity index (χ4v) is 1.99. The van der Waals surface area contributed by atoms with Crippen LogP contribution in [-0.2, 0) is 10.7 Å². The molecule has 122 valence electrons. The Labute approximate surface area is 131 Å². The maximum absolute atomic E-state index is 14.0. The minimum Gasteiger partial charge on any atom is -0.386 e. The molecule has 2 atom stereocenters. The quantitative estimate of drug-likeness (QED) is 0.888. The van der Waals surface area contributed by atoms with Crippen molar-refractivity contribution in [1.82, 2.24) is 10.3 Å². The molecule has 1 amide bonds. The molecule has 1 heterocycles. The third kappa shape index (κ3) is 3.87. The molecule has 0 saturated heterocycles. The molecular weight excluding hydrogens is 309 g/mol. The molecule has 0 fully saturated rings. The number of aromatic nitrogens is 1. The van der Waals surface area contributed by atoms with E-state index in [2.05, 4.69) is 10.3 Å². The zero-order valence-electron chi connectivity index (χ0n) is 12.2. The number of aliphatic hydroxyl groups excluding tert-OH is 1. The lowest BCUT2D eigenvalue weighted by molar-refractivity contribution is -0.149. The van der Waals surface area contributed by atoms with Gasteiger partial charge in [0.25, 0.3) is 5.91 Å². The summed E-state index contributed by atoms with van der Waals surface area (Å²) < 4.78 is 40.9. The summed E-state index contributed by atoms with van der Waals surface area (Å²) in [5.41, 5.74) is -0.374. The Morgan fingerprint density at radius 3 is 2.43 bits per heavy atom. The van der Waals surface area contributed by atoms with Gasteiger partial charge < -0.3 is 10.4 Å². The van der Waals surface area contributed by atoms with Gasteiger partial charge in [0.2, 0.25) is 0 Å². The lowest BCUT2D eigenvalue weighted by Gasteiger charge is -2.23. The van der Waals surface area contributed by atoms with Crippen molar-refractivity contribution >= 4 is 5.91 Å². The Balaban J connectivity index is 2.08. The smallest absolute Gasteiger partial charge is 0.366 e. The fourth-order valence-electron chi connectivity index (χ4n) is 1.99. The maximum atomic E-state index is 14.0. The number of benzene rings is 1. The second-order valence-corrected chi connectivity index (χ2v) is 5.05. The van der Waals surface area contributed by atoms with Gasteiger partial charge in [-0.25, -0.2) is 4.39 Å². The SMILES string of the molecule is C[C@H](NC(=O)C(F)(F)c1ccccn1)[C@H](O)c1ccc(F)cc1. The van der Waals surface area contributed by atoms with Gasteiger partial charge in [0.1, 0.15) is 11.5 Å². The summed E-state index contributed by atoms with van der Waals surface area (Å²) in [6, 6.07) is 7.76. The second-order valence-electron chi connectivity index (χ2n) is 5.05. The first kappa shape index (κ1) is 17.0. The van der Waals surface area contributed by atoms with Crippen LogP contribution in [0.2, 0.25) is 0 Å². The Morgan fingerprint density at radius 2 is 1.87 bits per heavy atom. The second kappa shape index (κ2) is 6.78. The number of halogens is 3. The van der Waals surface area contributed by atoms with Gasteiger partial charge in [0.05, 0.1) is 12.1 Å². The lowest BCUT2D eigenvalue weighted by atomic mass is 10.0. The average molecular weight is 324 g/mol. The van der Waals surface area contributed by atoms with E-state index < -0.39 is 35.5 Å². The number of nitrogens with one attached hydrogen (secondary N) is 1. The van der Waals surface area contributed by atoms with Crippen molar-refractivity contribution in [2.75, 3.05) is 0 Å². The summed E-state index contributed by atoms with van der Waals surface area (Å²) in [5, 5.41) is 12.1. The minimum atomic E-state index is -3.82. The van der Waals surface area contributed by atoms with Crippen LogP contribution < -0.4 is 5.32 Å². The fraction of sp³-hybridized carbons (Fsp3) is 0.250. The highest BCUT2D eigenvalue weighted by Gasteiger charge is 2.43. The van der Waals surface area contributed by atoms with Crippen LogP contribution in [0.4, 0.5) is 13.2 Å².